The largest absolute Gasteiger partial charge is 0.445 e. The van der Waals surface area contributed by atoms with E-state index >= 15 is 0 Å². The molecule has 8 heteroatoms. The van der Waals surface area contributed by atoms with Crippen LogP contribution in [-0.4, -0.2) is 54.3 Å². The Kier molecular flexibility index (Phi) is 8.71. The molecule has 1 aromatic rings. The highest BCUT2D eigenvalue weighted by atomic mass is 16.6. The molecule has 2 rings (SSSR count). The normalized spacial score (nSPS) is 17.2. The van der Waals surface area contributed by atoms with Crippen LogP contribution in [0.5, 0.6) is 0 Å². The Balaban J connectivity index is 1.78. The van der Waals surface area contributed by atoms with Crippen LogP contribution in [0.1, 0.15) is 46.6 Å². The van der Waals surface area contributed by atoms with Crippen molar-refractivity contribution in [1.82, 2.24) is 15.5 Å². The van der Waals surface area contributed by atoms with Gasteiger partial charge in [0.25, 0.3) is 0 Å². The highest BCUT2D eigenvalue weighted by Crippen LogP contribution is 2.19. The number of benzene rings is 1. The first-order valence-corrected chi connectivity index (χ1v) is 10.8. The number of nitrogens with zero attached hydrogens (tertiary/aromatic N) is 1. The molecule has 2 atom stereocenters. The van der Waals surface area contributed by atoms with E-state index in [1.165, 1.54) is 0 Å². The zero-order chi connectivity index (χ0) is 23.0. The number of hydrogen-bond acceptors (Lipinski definition) is 5. The number of amides is 3. The van der Waals surface area contributed by atoms with Crippen LogP contribution in [0.2, 0.25) is 0 Å². The van der Waals surface area contributed by atoms with Crippen LogP contribution in [0.4, 0.5) is 9.59 Å². The fourth-order valence-electron chi connectivity index (χ4n) is 3.27. The summed E-state index contributed by atoms with van der Waals surface area (Å²) in [4.78, 5) is 38.7. The lowest BCUT2D eigenvalue weighted by Crippen LogP contribution is -2.50. The summed E-state index contributed by atoms with van der Waals surface area (Å²) in [5, 5.41) is 5.56. The number of ether oxygens (including phenoxy) is 2. The maximum absolute atomic E-state index is 12.7. The molecule has 172 valence electrons. The molecule has 0 bridgehead atoms. The second-order valence-electron chi connectivity index (χ2n) is 9.25. The van der Waals surface area contributed by atoms with Crippen molar-refractivity contribution in [2.75, 3.05) is 19.6 Å². The van der Waals surface area contributed by atoms with Gasteiger partial charge in [-0.15, -0.1) is 0 Å². The lowest BCUT2D eigenvalue weighted by Gasteiger charge is -2.25. The van der Waals surface area contributed by atoms with E-state index in [-0.39, 0.29) is 30.4 Å². The van der Waals surface area contributed by atoms with E-state index in [0.29, 0.717) is 19.6 Å². The van der Waals surface area contributed by atoms with Gasteiger partial charge < -0.3 is 25.0 Å². The topological polar surface area (TPSA) is 97.0 Å². The minimum Gasteiger partial charge on any atom is -0.445 e. The lowest BCUT2D eigenvalue weighted by molar-refractivity contribution is -0.124. The summed E-state index contributed by atoms with van der Waals surface area (Å²) in [6, 6.07) is 8.65. The number of nitrogens with one attached hydrogen (secondary N) is 2. The summed E-state index contributed by atoms with van der Waals surface area (Å²) < 4.78 is 10.6. The second kappa shape index (κ2) is 11.0. The molecule has 1 fully saturated rings. The van der Waals surface area contributed by atoms with Gasteiger partial charge in [0.2, 0.25) is 5.91 Å². The quantitative estimate of drug-likeness (QED) is 0.688. The molecule has 1 aromatic carbocycles. The Labute approximate surface area is 184 Å². The molecule has 1 aliphatic heterocycles. The van der Waals surface area contributed by atoms with Crippen molar-refractivity contribution in [2.24, 2.45) is 11.8 Å². The van der Waals surface area contributed by atoms with Crippen molar-refractivity contribution in [3.63, 3.8) is 0 Å². The number of likely N-dealkylation sites (tertiary alicyclic amines) is 1. The molecule has 31 heavy (non-hydrogen) atoms. The fraction of sp³-hybridized carbons (Fsp3) is 0.609. The van der Waals surface area contributed by atoms with E-state index in [9.17, 15) is 14.4 Å². The van der Waals surface area contributed by atoms with Gasteiger partial charge in [0, 0.05) is 19.6 Å². The van der Waals surface area contributed by atoms with Crippen LogP contribution in [0.15, 0.2) is 30.3 Å². The minimum atomic E-state index is -0.702. The molecule has 3 amide bonds. The van der Waals surface area contributed by atoms with E-state index in [1.54, 1.807) is 4.90 Å². The van der Waals surface area contributed by atoms with Crippen LogP contribution in [0, 0.1) is 11.8 Å². The molecule has 0 aromatic heterocycles. The molecule has 2 N–H and O–H groups in total. The van der Waals surface area contributed by atoms with Crippen molar-refractivity contribution in [3.8, 4) is 0 Å². The van der Waals surface area contributed by atoms with E-state index in [4.69, 9.17) is 9.47 Å². The zero-order valence-corrected chi connectivity index (χ0v) is 19.1. The molecular weight excluding hydrogens is 398 g/mol. The predicted octanol–water partition coefficient (Wildman–Crippen LogP) is 3.31. The molecule has 8 nitrogen and oxygen atoms in total. The van der Waals surface area contributed by atoms with Crippen molar-refractivity contribution in [1.29, 1.82) is 0 Å². The summed E-state index contributed by atoms with van der Waals surface area (Å²) in [6.45, 7) is 10.9. The molecule has 1 heterocycles. The molecule has 1 saturated heterocycles. The zero-order valence-electron chi connectivity index (χ0n) is 19.1. The maximum atomic E-state index is 12.7. The third kappa shape index (κ3) is 8.47. The minimum absolute atomic E-state index is 0.105. The Morgan fingerprint density at radius 3 is 2.45 bits per heavy atom. The van der Waals surface area contributed by atoms with Crippen LogP contribution in [0.25, 0.3) is 0 Å². The van der Waals surface area contributed by atoms with Crippen molar-refractivity contribution >= 4 is 18.1 Å². The Morgan fingerprint density at radius 2 is 1.84 bits per heavy atom. The van der Waals surface area contributed by atoms with Crippen LogP contribution < -0.4 is 10.6 Å². The number of rotatable bonds is 7. The molecule has 0 saturated carbocycles. The van der Waals surface area contributed by atoms with E-state index in [2.05, 4.69) is 10.6 Å². The van der Waals surface area contributed by atoms with Gasteiger partial charge in [-0.3, -0.25) is 4.79 Å². The van der Waals surface area contributed by atoms with Crippen LogP contribution in [-0.2, 0) is 20.9 Å². The fourth-order valence-corrected chi connectivity index (χ4v) is 3.27. The maximum Gasteiger partial charge on any atom is 0.410 e. The number of carbonyl (C=O) groups is 3. The highest BCUT2D eigenvalue weighted by molar-refractivity contribution is 5.85. The van der Waals surface area contributed by atoms with Gasteiger partial charge >= 0.3 is 12.2 Å². The van der Waals surface area contributed by atoms with Gasteiger partial charge in [-0.25, -0.2) is 9.59 Å². The number of alkyl carbamates (subject to hydrolysis) is 1. The molecule has 1 unspecified atom stereocenters. The molecule has 0 spiro atoms. The molecule has 1 aliphatic rings. The number of hydrogen-bond donors (Lipinski definition) is 2. The predicted molar refractivity (Wildman–Crippen MR) is 117 cm³/mol. The first-order valence-electron chi connectivity index (χ1n) is 10.8. The van der Waals surface area contributed by atoms with E-state index in [0.717, 1.165) is 12.0 Å². The van der Waals surface area contributed by atoms with Crippen molar-refractivity contribution in [2.45, 2.75) is 59.3 Å². The van der Waals surface area contributed by atoms with Gasteiger partial charge in [0.1, 0.15) is 18.2 Å². The summed E-state index contributed by atoms with van der Waals surface area (Å²) in [5.41, 5.74) is 0.341. The van der Waals surface area contributed by atoms with Crippen molar-refractivity contribution < 1.29 is 23.9 Å². The van der Waals surface area contributed by atoms with Gasteiger partial charge in [-0.05, 0) is 44.6 Å². The second-order valence-corrected chi connectivity index (χ2v) is 9.25. The highest BCUT2D eigenvalue weighted by Gasteiger charge is 2.31. The van der Waals surface area contributed by atoms with Gasteiger partial charge in [0.05, 0.1) is 0 Å². The van der Waals surface area contributed by atoms with Gasteiger partial charge in [-0.1, -0.05) is 44.2 Å². The monoisotopic (exact) mass is 433 g/mol. The smallest absolute Gasteiger partial charge is 0.410 e. The van der Waals surface area contributed by atoms with E-state index < -0.39 is 17.7 Å². The molecule has 0 aliphatic carbocycles. The van der Waals surface area contributed by atoms with Crippen LogP contribution >= 0.6 is 0 Å². The van der Waals surface area contributed by atoms with Crippen molar-refractivity contribution in [3.05, 3.63) is 35.9 Å². The lowest BCUT2D eigenvalue weighted by atomic mass is 10.0. The third-order valence-electron chi connectivity index (χ3n) is 4.94. The Morgan fingerprint density at radius 1 is 1.16 bits per heavy atom. The first-order chi connectivity index (χ1) is 14.5. The summed E-state index contributed by atoms with van der Waals surface area (Å²) in [5.74, 6) is -0.220. The van der Waals surface area contributed by atoms with Gasteiger partial charge in [0.15, 0.2) is 0 Å². The third-order valence-corrected chi connectivity index (χ3v) is 4.94. The Hall–Kier alpha value is -2.77. The standard InChI is InChI=1S/C23H35N3O5/c1-16(2)19(25-21(28)30-15-17-9-7-6-8-10-17)20(27)24-13-18-11-12-26(14-18)22(29)31-23(3,4)5/h6-10,16,18-19H,11-15H2,1-5H3,(H,24,27)(H,25,28)/t18?,19-/m0/s1. The average Bonchev–Trinajstić information content (AvgIpc) is 3.17. The Bertz CT molecular complexity index is 745. The SMILES string of the molecule is CC(C)[C@H](NC(=O)OCc1ccccc1)C(=O)NCC1CCN(C(=O)OC(C)(C)C)C1. The number of carbonyl (C=O) groups excluding carboxylic acids is 3. The van der Waals surface area contributed by atoms with Crippen LogP contribution in [0.3, 0.4) is 0 Å². The summed E-state index contributed by atoms with van der Waals surface area (Å²) >= 11 is 0. The van der Waals surface area contributed by atoms with E-state index in [1.807, 2.05) is 65.0 Å². The molecule has 0 radical (unpaired) electrons. The average molecular weight is 434 g/mol. The summed E-state index contributed by atoms with van der Waals surface area (Å²) in [6.07, 6.45) is -0.169. The first kappa shape index (κ1) is 24.5. The summed E-state index contributed by atoms with van der Waals surface area (Å²) in [7, 11) is 0. The van der Waals surface area contributed by atoms with Gasteiger partial charge in [-0.2, -0.15) is 0 Å². The molecular formula is C23H35N3O5.